The predicted molar refractivity (Wildman–Crippen MR) is 102 cm³/mol. The van der Waals surface area contributed by atoms with E-state index in [1.54, 1.807) is 12.1 Å². The zero-order chi connectivity index (χ0) is 21.6. The summed E-state index contributed by atoms with van der Waals surface area (Å²) in [7, 11) is 0. The first-order chi connectivity index (χ1) is 14.2. The number of nitrogens with zero attached hydrogens (tertiary/aromatic N) is 2. The summed E-state index contributed by atoms with van der Waals surface area (Å²) in [5.41, 5.74) is 1.60. The Bertz CT molecular complexity index is 1160. The fraction of sp³-hybridized carbons (Fsp3) is 0.250. The second kappa shape index (κ2) is 7.32. The van der Waals surface area contributed by atoms with Crippen molar-refractivity contribution in [1.82, 2.24) is 15.1 Å². The van der Waals surface area contributed by atoms with Crippen LogP contribution in [-0.2, 0) is 17.8 Å². The molecule has 0 spiro atoms. The Morgan fingerprint density at radius 3 is 2.77 bits per heavy atom. The van der Waals surface area contributed by atoms with Crippen molar-refractivity contribution < 1.29 is 27.9 Å². The van der Waals surface area contributed by atoms with Crippen LogP contribution >= 0.6 is 11.6 Å². The molecule has 1 aromatic heterocycles. The SMILES string of the molecule is O=C(O)c1ccccc1[C@H]1Cc2cc(Cl)c3[nH]ncc3c2CN(CC(F)(F)F)C1=O. The summed E-state index contributed by atoms with van der Waals surface area (Å²) in [5, 5.41) is 17.0. The lowest BCUT2D eigenvalue weighted by atomic mass is 9.87. The van der Waals surface area contributed by atoms with Crippen LogP contribution in [0.4, 0.5) is 13.2 Å². The van der Waals surface area contributed by atoms with Gasteiger partial charge in [0.25, 0.3) is 0 Å². The molecule has 0 saturated heterocycles. The Morgan fingerprint density at radius 1 is 1.33 bits per heavy atom. The van der Waals surface area contributed by atoms with Gasteiger partial charge >= 0.3 is 12.1 Å². The number of benzene rings is 2. The summed E-state index contributed by atoms with van der Waals surface area (Å²) in [6.45, 7) is -1.73. The molecule has 0 aliphatic carbocycles. The standard InChI is InChI=1S/C20H15ClF3N3O3/c21-16-6-10-5-13(11-3-1-2-4-12(11)19(29)30)18(28)27(9-20(22,23)24)8-15(10)14-7-25-26-17(14)16/h1-4,6-7,13H,5,8-9H2,(H,25,26)(H,29,30)/t13-/m1/s1. The van der Waals surface area contributed by atoms with E-state index < -0.39 is 30.5 Å². The van der Waals surface area contributed by atoms with Crippen molar-refractivity contribution in [3.8, 4) is 0 Å². The van der Waals surface area contributed by atoms with E-state index in [0.29, 0.717) is 27.1 Å². The van der Waals surface area contributed by atoms with Crippen molar-refractivity contribution >= 4 is 34.4 Å². The molecular formula is C20H15ClF3N3O3. The summed E-state index contributed by atoms with van der Waals surface area (Å²) in [6.07, 6.45) is -3.13. The smallest absolute Gasteiger partial charge is 0.406 e. The first kappa shape index (κ1) is 20.2. The molecule has 3 aromatic rings. The predicted octanol–water partition coefficient (Wildman–Crippen LogP) is 4.15. The number of carboxylic acid groups (broad SMARTS) is 1. The number of carboxylic acids is 1. The van der Waals surface area contributed by atoms with Gasteiger partial charge in [-0.3, -0.25) is 9.89 Å². The van der Waals surface area contributed by atoms with Gasteiger partial charge in [-0.2, -0.15) is 18.3 Å². The topological polar surface area (TPSA) is 86.3 Å². The molecule has 0 unspecified atom stereocenters. The highest BCUT2D eigenvalue weighted by molar-refractivity contribution is 6.35. The number of H-pyrrole nitrogens is 1. The van der Waals surface area contributed by atoms with Gasteiger partial charge in [0, 0.05) is 11.9 Å². The van der Waals surface area contributed by atoms with Gasteiger partial charge in [-0.25, -0.2) is 4.79 Å². The van der Waals surface area contributed by atoms with E-state index >= 15 is 0 Å². The number of halogens is 4. The van der Waals surface area contributed by atoms with E-state index in [0.717, 1.165) is 4.90 Å². The number of aromatic amines is 1. The van der Waals surface area contributed by atoms with Crippen molar-refractivity contribution in [2.45, 2.75) is 25.1 Å². The molecule has 156 valence electrons. The average molecular weight is 438 g/mol. The van der Waals surface area contributed by atoms with Crippen LogP contribution in [0, 0.1) is 0 Å². The zero-order valence-electron chi connectivity index (χ0n) is 15.3. The summed E-state index contributed by atoms with van der Waals surface area (Å²) in [4.78, 5) is 25.6. The van der Waals surface area contributed by atoms with E-state index in [2.05, 4.69) is 10.2 Å². The molecule has 30 heavy (non-hydrogen) atoms. The summed E-state index contributed by atoms with van der Waals surface area (Å²) >= 11 is 6.30. The largest absolute Gasteiger partial charge is 0.478 e. The van der Waals surface area contributed by atoms with Gasteiger partial charge < -0.3 is 10.0 Å². The maximum Gasteiger partial charge on any atom is 0.406 e. The summed E-state index contributed by atoms with van der Waals surface area (Å²) in [5.74, 6) is -3.14. The maximum absolute atomic E-state index is 13.2. The number of hydrogen-bond donors (Lipinski definition) is 2. The minimum atomic E-state index is -4.61. The highest BCUT2D eigenvalue weighted by Gasteiger charge is 2.39. The number of alkyl halides is 3. The van der Waals surface area contributed by atoms with Gasteiger partial charge in [-0.15, -0.1) is 0 Å². The van der Waals surface area contributed by atoms with E-state index in [-0.39, 0.29) is 24.1 Å². The van der Waals surface area contributed by atoms with Crippen LogP contribution < -0.4 is 0 Å². The number of aromatic nitrogens is 2. The highest BCUT2D eigenvalue weighted by atomic mass is 35.5. The van der Waals surface area contributed by atoms with Crippen LogP contribution in [0.15, 0.2) is 36.5 Å². The first-order valence-electron chi connectivity index (χ1n) is 8.97. The lowest BCUT2D eigenvalue weighted by Crippen LogP contribution is -2.40. The lowest BCUT2D eigenvalue weighted by Gasteiger charge is -2.26. The van der Waals surface area contributed by atoms with Crippen molar-refractivity contribution in [3.05, 3.63) is 63.8 Å². The molecule has 6 nitrogen and oxygen atoms in total. The molecule has 1 aliphatic heterocycles. The normalized spacial score (nSPS) is 17.1. The molecule has 4 rings (SSSR count). The monoisotopic (exact) mass is 437 g/mol. The minimum absolute atomic E-state index is 0.0215. The van der Waals surface area contributed by atoms with Crippen molar-refractivity contribution in [3.63, 3.8) is 0 Å². The van der Waals surface area contributed by atoms with Crippen molar-refractivity contribution in [2.75, 3.05) is 6.54 Å². The summed E-state index contributed by atoms with van der Waals surface area (Å²) in [6, 6.07) is 7.44. The highest BCUT2D eigenvalue weighted by Crippen LogP contribution is 2.37. The molecule has 0 bridgehead atoms. The van der Waals surface area contributed by atoms with Crippen LogP contribution in [0.1, 0.15) is 33.0 Å². The van der Waals surface area contributed by atoms with E-state index in [9.17, 15) is 27.9 Å². The maximum atomic E-state index is 13.2. The molecular weight excluding hydrogens is 423 g/mol. The third-order valence-electron chi connectivity index (χ3n) is 5.21. The van der Waals surface area contributed by atoms with E-state index in [1.807, 2.05) is 0 Å². The lowest BCUT2D eigenvalue weighted by molar-refractivity contribution is -0.163. The first-order valence-corrected chi connectivity index (χ1v) is 9.34. The van der Waals surface area contributed by atoms with Gasteiger partial charge in [-0.1, -0.05) is 29.8 Å². The molecule has 1 aliphatic rings. The molecule has 10 heteroatoms. The minimum Gasteiger partial charge on any atom is -0.478 e. The Labute approximate surface area is 173 Å². The zero-order valence-corrected chi connectivity index (χ0v) is 16.1. The number of carbonyl (C=O) groups excluding carboxylic acids is 1. The van der Waals surface area contributed by atoms with Gasteiger partial charge in [0.05, 0.1) is 28.2 Å². The van der Waals surface area contributed by atoms with Gasteiger partial charge in [0.2, 0.25) is 5.91 Å². The Balaban J connectivity index is 1.91. The Morgan fingerprint density at radius 2 is 2.07 bits per heavy atom. The average Bonchev–Trinajstić information content (AvgIpc) is 3.12. The van der Waals surface area contributed by atoms with Crippen LogP contribution in [-0.4, -0.2) is 44.8 Å². The quantitative estimate of drug-likeness (QED) is 0.644. The number of hydrogen-bond acceptors (Lipinski definition) is 3. The number of nitrogens with one attached hydrogen (secondary N) is 1. The molecule has 0 saturated carbocycles. The number of carbonyl (C=O) groups is 2. The van der Waals surface area contributed by atoms with Crippen LogP contribution in [0.2, 0.25) is 5.02 Å². The van der Waals surface area contributed by atoms with Gasteiger partial charge in [0.15, 0.2) is 0 Å². The number of fused-ring (bicyclic) bond motifs is 3. The van der Waals surface area contributed by atoms with Crippen molar-refractivity contribution in [1.29, 1.82) is 0 Å². The van der Waals surface area contributed by atoms with Crippen LogP contribution in [0.3, 0.4) is 0 Å². The summed E-state index contributed by atoms with van der Waals surface area (Å²) < 4.78 is 39.7. The third-order valence-corrected chi connectivity index (χ3v) is 5.51. The van der Waals surface area contributed by atoms with E-state index in [1.165, 1.54) is 24.4 Å². The van der Waals surface area contributed by atoms with Gasteiger partial charge in [0.1, 0.15) is 6.54 Å². The second-order valence-corrected chi connectivity index (χ2v) is 7.52. The van der Waals surface area contributed by atoms with Crippen molar-refractivity contribution in [2.24, 2.45) is 0 Å². The Hall–Kier alpha value is -3.07. The molecule has 2 aromatic carbocycles. The number of amides is 1. The number of rotatable bonds is 3. The Kier molecular flexibility index (Phi) is 4.93. The molecule has 1 atom stereocenters. The fourth-order valence-electron chi connectivity index (χ4n) is 3.94. The van der Waals surface area contributed by atoms with Gasteiger partial charge in [-0.05, 0) is 35.2 Å². The fourth-order valence-corrected chi connectivity index (χ4v) is 4.21. The molecule has 2 N–H and O–H groups in total. The molecule has 1 amide bonds. The second-order valence-electron chi connectivity index (χ2n) is 7.11. The third kappa shape index (κ3) is 3.60. The number of aromatic carboxylic acids is 1. The molecule has 0 fully saturated rings. The molecule has 2 heterocycles. The molecule has 0 radical (unpaired) electrons. The van der Waals surface area contributed by atoms with Crippen LogP contribution in [0.25, 0.3) is 10.9 Å². The van der Waals surface area contributed by atoms with Crippen LogP contribution in [0.5, 0.6) is 0 Å². The van der Waals surface area contributed by atoms with E-state index in [4.69, 9.17) is 11.6 Å².